The number of halogens is 2. The molecule has 0 spiro atoms. The monoisotopic (exact) mass is 432 g/mol. The Morgan fingerprint density at radius 1 is 1.17 bits per heavy atom. The van der Waals surface area contributed by atoms with Crippen LogP contribution in [-0.4, -0.2) is 25.1 Å². The average Bonchev–Trinajstić information content (AvgIpc) is 2.69. The van der Waals surface area contributed by atoms with Crippen LogP contribution in [0.1, 0.15) is 30.9 Å². The van der Waals surface area contributed by atoms with E-state index in [1.807, 2.05) is 6.07 Å². The standard InChI is InChI=1S/C21H18Cl2N2O4/c1-13(26)29-19-5-3-16(10-14(19)12-24)25-20(27)21(6-8-28-9-7-21)17-4-2-15(22)11-18(17)23/h2-5,10-11H,6-9H2,1H3,(H,25,27). The molecule has 0 radical (unpaired) electrons. The molecule has 0 unspecified atom stereocenters. The molecule has 150 valence electrons. The highest BCUT2D eigenvalue weighted by molar-refractivity contribution is 6.35. The molecule has 2 aromatic rings. The Kier molecular flexibility index (Phi) is 6.43. The molecule has 1 saturated heterocycles. The van der Waals surface area contributed by atoms with E-state index < -0.39 is 11.4 Å². The van der Waals surface area contributed by atoms with Gasteiger partial charge in [-0.05, 0) is 48.7 Å². The summed E-state index contributed by atoms with van der Waals surface area (Å²) < 4.78 is 10.5. The van der Waals surface area contributed by atoms with Gasteiger partial charge in [0.2, 0.25) is 5.91 Å². The van der Waals surface area contributed by atoms with E-state index in [0.717, 1.165) is 0 Å². The highest BCUT2D eigenvalue weighted by atomic mass is 35.5. The van der Waals surface area contributed by atoms with Crippen molar-refractivity contribution in [1.82, 2.24) is 0 Å². The second kappa shape index (κ2) is 8.83. The number of anilines is 1. The number of nitrogens with zero attached hydrogens (tertiary/aromatic N) is 1. The second-order valence-corrected chi connectivity index (χ2v) is 7.53. The lowest BCUT2D eigenvalue weighted by Gasteiger charge is -2.36. The number of nitrogens with one attached hydrogen (secondary N) is 1. The number of amides is 1. The third kappa shape index (κ3) is 4.54. The molecule has 1 N–H and O–H groups in total. The van der Waals surface area contributed by atoms with E-state index in [1.54, 1.807) is 24.3 Å². The van der Waals surface area contributed by atoms with Gasteiger partial charge in [-0.3, -0.25) is 9.59 Å². The molecule has 29 heavy (non-hydrogen) atoms. The maximum atomic E-state index is 13.4. The molecule has 8 heteroatoms. The maximum Gasteiger partial charge on any atom is 0.308 e. The quantitative estimate of drug-likeness (QED) is 0.568. The second-order valence-electron chi connectivity index (χ2n) is 6.69. The molecule has 0 aromatic heterocycles. The molecular formula is C21H18Cl2N2O4. The summed E-state index contributed by atoms with van der Waals surface area (Å²) in [6.45, 7) is 2.09. The molecule has 3 rings (SSSR count). The Bertz CT molecular complexity index is 995. The van der Waals surface area contributed by atoms with E-state index in [4.69, 9.17) is 32.7 Å². The van der Waals surface area contributed by atoms with Gasteiger partial charge in [0.15, 0.2) is 0 Å². The molecule has 1 aliphatic rings. The van der Waals surface area contributed by atoms with Gasteiger partial charge in [-0.1, -0.05) is 29.3 Å². The van der Waals surface area contributed by atoms with Crippen LogP contribution in [0.5, 0.6) is 5.75 Å². The minimum absolute atomic E-state index is 0.138. The van der Waals surface area contributed by atoms with Crippen molar-refractivity contribution in [3.05, 3.63) is 57.6 Å². The molecule has 1 fully saturated rings. The van der Waals surface area contributed by atoms with Crippen LogP contribution in [0.25, 0.3) is 0 Å². The third-order valence-corrected chi connectivity index (χ3v) is 5.39. The summed E-state index contributed by atoms with van der Waals surface area (Å²) in [6.07, 6.45) is 0.910. The fourth-order valence-corrected chi connectivity index (χ4v) is 4.00. The van der Waals surface area contributed by atoms with E-state index in [1.165, 1.54) is 19.1 Å². The summed E-state index contributed by atoms with van der Waals surface area (Å²) in [5.41, 5.74) is 0.352. The van der Waals surface area contributed by atoms with Gasteiger partial charge >= 0.3 is 5.97 Å². The van der Waals surface area contributed by atoms with Gasteiger partial charge in [-0.2, -0.15) is 5.26 Å². The van der Waals surface area contributed by atoms with Gasteiger partial charge in [0.05, 0.1) is 11.0 Å². The van der Waals surface area contributed by atoms with Crippen LogP contribution in [0.3, 0.4) is 0 Å². The Morgan fingerprint density at radius 2 is 1.90 bits per heavy atom. The van der Waals surface area contributed by atoms with E-state index in [0.29, 0.717) is 47.4 Å². The molecule has 1 amide bonds. The number of carbonyl (C=O) groups is 2. The molecule has 0 bridgehead atoms. The van der Waals surface area contributed by atoms with E-state index >= 15 is 0 Å². The van der Waals surface area contributed by atoms with Crippen LogP contribution in [0.2, 0.25) is 10.0 Å². The predicted octanol–water partition coefficient (Wildman–Crippen LogP) is 4.48. The number of carbonyl (C=O) groups excluding carboxylic acids is 2. The number of nitriles is 1. The lowest BCUT2D eigenvalue weighted by molar-refractivity contribution is -0.132. The number of rotatable bonds is 4. The molecule has 1 aliphatic heterocycles. The number of ether oxygens (including phenoxy) is 2. The van der Waals surface area contributed by atoms with Crippen LogP contribution in [0.15, 0.2) is 36.4 Å². The fourth-order valence-electron chi connectivity index (χ4n) is 3.41. The maximum absolute atomic E-state index is 13.4. The molecular weight excluding hydrogens is 415 g/mol. The summed E-state index contributed by atoms with van der Waals surface area (Å²) in [6, 6.07) is 11.6. The van der Waals surface area contributed by atoms with Crippen LogP contribution >= 0.6 is 23.2 Å². The number of hydrogen-bond acceptors (Lipinski definition) is 5. The molecule has 0 saturated carbocycles. The van der Waals surface area contributed by atoms with E-state index in [2.05, 4.69) is 5.32 Å². The first-order valence-corrected chi connectivity index (χ1v) is 9.68. The molecule has 6 nitrogen and oxygen atoms in total. The van der Waals surface area contributed by atoms with Gasteiger partial charge in [0.25, 0.3) is 0 Å². The summed E-state index contributed by atoms with van der Waals surface area (Å²) in [4.78, 5) is 24.5. The van der Waals surface area contributed by atoms with Crippen molar-refractivity contribution in [1.29, 1.82) is 5.26 Å². The van der Waals surface area contributed by atoms with Gasteiger partial charge < -0.3 is 14.8 Å². The highest BCUT2D eigenvalue weighted by Gasteiger charge is 2.43. The van der Waals surface area contributed by atoms with E-state index in [-0.39, 0.29) is 17.2 Å². The number of hydrogen-bond donors (Lipinski definition) is 1. The highest BCUT2D eigenvalue weighted by Crippen LogP contribution is 2.40. The minimum atomic E-state index is -0.888. The van der Waals surface area contributed by atoms with Crippen molar-refractivity contribution in [2.75, 3.05) is 18.5 Å². The van der Waals surface area contributed by atoms with Crippen molar-refractivity contribution in [3.8, 4) is 11.8 Å². The topological polar surface area (TPSA) is 88.4 Å². The Morgan fingerprint density at radius 3 is 2.52 bits per heavy atom. The number of benzene rings is 2. The average molecular weight is 433 g/mol. The number of esters is 1. The van der Waals surface area contributed by atoms with Crippen LogP contribution < -0.4 is 10.1 Å². The lowest BCUT2D eigenvalue weighted by atomic mass is 9.73. The summed E-state index contributed by atoms with van der Waals surface area (Å²) in [7, 11) is 0. The lowest BCUT2D eigenvalue weighted by Crippen LogP contribution is -2.45. The molecule has 0 atom stereocenters. The van der Waals surface area contributed by atoms with Crippen molar-refractivity contribution >= 4 is 40.8 Å². The molecule has 2 aromatic carbocycles. The Hall–Kier alpha value is -2.59. The summed E-state index contributed by atoms with van der Waals surface area (Å²) >= 11 is 12.4. The zero-order chi connectivity index (χ0) is 21.0. The Labute approximate surface area is 178 Å². The largest absolute Gasteiger partial charge is 0.425 e. The smallest absolute Gasteiger partial charge is 0.308 e. The van der Waals surface area contributed by atoms with Gasteiger partial charge in [0.1, 0.15) is 11.8 Å². The first-order valence-electron chi connectivity index (χ1n) is 8.93. The first kappa shape index (κ1) is 21.1. The third-order valence-electron chi connectivity index (χ3n) is 4.84. The predicted molar refractivity (Wildman–Crippen MR) is 109 cm³/mol. The van der Waals surface area contributed by atoms with E-state index in [9.17, 15) is 14.9 Å². The zero-order valence-electron chi connectivity index (χ0n) is 15.6. The van der Waals surface area contributed by atoms with Crippen molar-refractivity contribution in [2.45, 2.75) is 25.2 Å². The molecule has 1 heterocycles. The van der Waals surface area contributed by atoms with Crippen molar-refractivity contribution in [3.63, 3.8) is 0 Å². The SMILES string of the molecule is CC(=O)Oc1ccc(NC(=O)C2(c3ccc(Cl)cc3Cl)CCOCC2)cc1C#N. The minimum Gasteiger partial charge on any atom is -0.425 e. The fraction of sp³-hybridized carbons (Fsp3) is 0.286. The summed E-state index contributed by atoms with van der Waals surface area (Å²) in [5.74, 6) is -0.648. The summed E-state index contributed by atoms with van der Waals surface area (Å²) in [5, 5.41) is 13.1. The van der Waals surface area contributed by atoms with Gasteiger partial charge in [0, 0.05) is 35.9 Å². The van der Waals surface area contributed by atoms with Crippen LogP contribution in [0, 0.1) is 11.3 Å². The van der Waals surface area contributed by atoms with Crippen molar-refractivity contribution in [2.24, 2.45) is 0 Å². The van der Waals surface area contributed by atoms with Gasteiger partial charge in [-0.25, -0.2) is 0 Å². The first-order chi connectivity index (χ1) is 13.9. The Balaban J connectivity index is 1.94. The normalized spacial score (nSPS) is 15.2. The van der Waals surface area contributed by atoms with Crippen LogP contribution in [-0.2, 0) is 19.7 Å². The van der Waals surface area contributed by atoms with Crippen molar-refractivity contribution < 1.29 is 19.1 Å². The van der Waals surface area contributed by atoms with Crippen LogP contribution in [0.4, 0.5) is 5.69 Å². The van der Waals surface area contributed by atoms with Gasteiger partial charge in [-0.15, -0.1) is 0 Å². The zero-order valence-corrected chi connectivity index (χ0v) is 17.1. The molecule has 0 aliphatic carbocycles.